The average molecular weight is 401 g/mol. The molecule has 0 aromatic rings. The molecule has 3 N–H and O–H groups in total. The zero-order valence-electron chi connectivity index (χ0n) is 18.3. The third-order valence-corrected chi connectivity index (χ3v) is 4.32. The molecule has 2 amide bonds. The van der Waals surface area contributed by atoms with Crippen molar-refractivity contribution in [2.45, 2.75) is 104 Å². The van der Waals surface area contributed by atoms with Gasteiger partial charge in [0, 0.05) is 0 Å². The van der Waals surface area contributed by atoms with Crippen LogP contribution in [-0.4, -0.2) is 52.0 Å². The summed E-state index contributed by atoms with van der Waals surface area (Å²) in [7, 11) is 0. The number of aliphatic hydroxyl groups is 1. The first-order valence-electron chi connectivity index (χ1n) is 9.76. The number of amides is 2. The first-order chi connectivity index (χ1) is 12.5. The molecule has 1 fully saturated rings. The van der Waals surface area contributed by atoms with Crippen LogP contribution in [0.25, 0.3) is 0 Å². The monoisotopic (exact) mass is 400 g/mol. The average Bonchev–Trinajstić information content (AvgIpc) is 2.44. The van der Waals surface area contributed by atoms with Crippen molar-refractivity contribution in [2.75, 3.05) is 0 Å². The van der Waals surface area contributed by atoms with E-state index in [0.717, 1.165) is 0 Å². The minimum atomic E-state index is -1.34. The molecule has 0 aliphatic heterocycles. The zero-order valence-corrected chi connectivity index (χ0v) is 18.3. The van der Waals surface area contributed by atoms with Crippen LogP contribution in [0.1, 0.15) is 74.7 Å². The second kappa shape index (κ2) is 8.68. The molecule has 0 aromatic carbocycles. The Morgan fingerprint density at radius 3 is 2.00 bits per heavy atom. The maximum absolute atomic E-state index is 12.7. The number of hydrogen-bond donors (Lipinski definition) is 3. The molecule has 1 saturated carbocycles. The SMILES string of the molecule is CC(C)[C@H](NC(=O)OC(C)(C)C)C(=O)N[C@H]1CC[C@]1(O)CC(=O)OC(C)(C)C. The topological polar surface area (TPSA) is 114 Å². The molecule has 0 bridgehead atoms. The van der Waals surface area contributed by atoms with E-state index in [1.165, 1.54) is 0 Å². The molecular weight excluding hydrogens is 364 g/mol. The number of carbonyl (C=O) groups is 3. The second-order valence-corrected chi connectivity index (χ2v) is 9.83. The Bertz CT molecular complexity index is 590. The molecule has 0 aromatic heterocycles. The third kappa shape index (κ3) is 7.66. The third-order valence-electron chi connectivity index (χ3n) is 4.32. The van der Waals surface area contributed by atoms with Gasteiger partial charge in [0.05, 0.1) is 18.1 Å². The summed E-state index contributed by atoms with van der Waals surface area (Å²) >= 11 is 0. The van der Waals surface area contributed by atoms with Gasteiger partial charge in [0.1, 0.15) is 17.2 Å². The van der Waals surface area contributed by atoms with Gasteiger partial charge in [0.2, 0.25) is 5.91 Å². The quantitative estimate of drug-likeness (QED) is 0.590. The molecule has 0 heterocycles. The maximum Gasteiger partial charge on any atom is 0.408 e. The minimum absolute atomic E-state index is 0.188. The van der Waals surface area contributed by atoms with Crippen LogP contribution >= 0.6 is 0 Å². The van der Waals surface area contributed by atoms with Gasteiger partial charge in [-0.05, 0) is 60.3 Å². The molecular formula is C20H36N2O6. The Kier molecular flexibility index (Phi) is 7.50. The molecule has 3 atom stereocenters. The van der Waals surface area contributed by atoms with Crippen LogP contribution in [0.3, 0.4) is 0 Å². The van der Waals surface area contributed by atoms with Crippen LogP contribution < -0.4 is 10.6 Å². The smallest absolute Gasteiger partial charge is 0.408 e. The highest BCUT2D eigenvalue weighted by molar-refractivity contribution is 5.86. The van der Waals surface area contributed by atoms with E-state index in [9.17, 15) is 19.5 Å². The number of ether oxygens (including phenoxy) is 2. The van der Waals surface area contributed by atoms with Gasteiger partial charge in [-0.15, -0.1) is 0 Å². The summed E-state index contributed by atoms with van der Waals surface area (Å²) in [5.74, 6) is -1.12. The predicted octanol–water partition coefficient (Wildman–Crippen LogP) is 2.28. The lowest BCUT2D eigenvalue weighted by Gasteiger charge is -2.45. The summed E-state index contributed by atoms with van der Waals surface area (Å²) in [5, 5.41) is 16.1. The molecule has 162 valence electrons. The van der Waals surface area contributed by atoms with Gasteiger partial charge in [-0.1, -0.05) is 13.8 Å². The van der Waals surface area contributed by atoms with Gasteiger partial charge in [-0.2, -0.15) is 0 Å². The van der Waals surface area contributed by atoms with Crippen LogP contribution in [-0.2, 0) is 19.1 Å². The summed E-state index contributed by atoms with van der Waals surface area (Å²) in [5.41, 5.74) is -2.66. The highest BCUT2D eigenvalue weighted by Gasteiger charge is 2.49. The second-order valence-electron chi connectivity index (χ2n) is 9.83. The Hall–Kier alpha value is -1.83. The largest absolute Gasteiger partial charge is 0.460 e. The highest BCUT2D eigenvalue weighted by Crippen LogP contribution is 2.36. The van der Waals surface area contributed by atoms with E-state index in [4.69, 9.17) is 9.47 Å². The molecule has 0 unspecified atom stereocenters. The molecule has 1 aliphatic rings. The number of hydrogen-bond acceptors (Lipinski definition) is 6. The molecule has 0 saturated heterocycles. The standard InChI is InChI=1S/C20H36N2O6/c1-12(2)15(22-17(25)28-19(6,7)8)16(24)21-13-9-10-20(13,26)11-14(23)27-18(3,4)5/h12-13,15,26H,9-11H2,1-8H3,(H,21,24)(H,22,25)/t13-,15-,20-/m0/s1. The highest BCUT2D eigenvalue weighted by atomic mass is 16.6. The van der Waals surface area contributed by atoms with Crippen LogP contribution in [0.4, 0.5) is 4.79 Å². The van der Waals surface area contributed by atoms with Crippen LogP contribution in [0.5, 0.6) is 0 Å². The minimum Gasteiger partial charge on any atom is -0.460 e. The lowest BCUT2D eigenvalue weighted by atomic mass is 9.72. The molecule has 1 aliphatic carbocycles. The first-order valence-corrected chi connectivity index (χ1v) is 9.76. The van der Waals surface area contributed by atoms with E-state index in [0.29, 0.717) is 12.8 Å². The van der Waals surface area contributed by atoms with Crippen LogP contribution in [0, 0.1) is 5.92 Å². The number of alkyl carbamates (subject to hydrolysis) is 1. The van der Waals surface area contributed by atoms with Gasteiger partial charge in [0.15, 0.2) is 0 Å². The van der Waals surface area contributed by atoms with E-state index >= 15 is 0 Å². The summed E-state index contributed by atoms with van der Waals surface area (Å²) in [4.78, 5) is 36.8. The van der Waals surface area contributed by atoms with Gasteiger partial charge in [-0.25, -0.2) is 4.79 Å². The molecule has 0 radical (unpaired) electrons. The fourth-order valence-electron chi connectivity index (χ4n) is 2.90. The van der Waals surface area contributed by atoms with Gasteiger partial charge in [-0.3, -0.25) is 9.59 Å². The van der Waals surface area contributed by atoms with Gasteiger partial charge >= 0.3 is 12.1 Å². The van der Waals surface area contributed by atoms with Crippen molar-refractivity contribution >= 4 is 18.0 Å². The van der Waals surface area contributed by atoms with Crippen molar-refractivity contribution in [3.8, 4) is 0 Å². The number of esters is 1. The molecule has 8 nitrogen and oxygen atoms in total. The molecule has 28 heavy (non-hydrogen) atoms. The number of carbonyl (C=O) groups excluding carboxylic acids is 3. The first kappa shape index (κ1) is 24.2. The normalized spacial score (nSPS) is 23.4. The number of rotatable bonds is 6. The number of nitrogens with one attached hydrogen (secondary N) is 2. The van der Waals surface area contributed by atoms with Crippen molar-refractivity contribution in [1.82, 2.24) is 10.6 Å². The van der Waals surface area contributed by atoms with E-state index in [1.54, 1.807) is 55.4 Å². The Morgan fingerprint density at radius 1 is 1.07 bits per heavy atom. The Morgan fingerprint density at radius 2 is 1.61 bits per heavy atom. The van der Waals surface area contributed by atoms with Crippen molar-refractivity contribution in [3.05, 3.63) is 0 Å². The van der Waals surface area contributed by atoms with E-state index in [-0.39, 0.29) is 12.3 Å². The van der Waals surface area contributed by atoms with Crippen LogP contribution in [0.15, 0.2) is 0 Å². The molecule has 0 spiro atoms. The fraction of sp³-hybridized carbons (Fsp3) is 0.850. The lowest BCUT2D eigenvalue weighted by Crippen LogP contribution is -2.64. The van der Waals surface area contributed by atoms with Gasteiger partial charge in [0.25, 0.3) is 0 Å². The van der Waals surface area contributed by atoms with Crippen molar-refractivity contribution < 1.29 is 29.0 Å². The van der Waals surface area contributed by atoms with Crippen molar-refractivity contribution in [2.24, 2.45) is 5.92 Å². The van der Waals surface area contributed by atoms with Crippen molar-refractivity contribution in [3.63, 3.8) is 0 Å². The summed E-state index contributed by atoms with van der Waals surface area (Å²) < 4.78 is 10.5. The van der Waals surface area contributed by atoms with Crippen molar-refractivity contribution in [1.29, 1.82) is 0 Å². The maximum atomic E-state index is 12.7. The Balaban J connectivity index is 2.70. The van der Waals surface area contributed by atoms with Gasteiger partial charge < -0.3 is 25.2 Å². The van der Waals surface area contributed by atoms with E-state index in [2.05, 4.69) is 10.6 Å². The molecule has 1 rings (SSSR count). The molecule has 8 heteroatoms. The van der Waals surface area contributed by atoms with E-state index < -0.39 is 46.9 Å². The van der Waals surface area contributed by atoms with E-state index in [1.807, 2.05) is 0 Å². The fourth-order valence-corrected chi connectivity index (χ4v) is 2.90. The lowest BCUT2D eigenvalue weighted by molar-refractivity contribution is -0.167. The zero-order chi connectivity index (χ0) is 21.9. The van der Waals surface area contributed by atoms with Crippen LogP contribution in [0.2, 0.25) is 0 Å². The predicted molar refractivity (Wildman–Crippen MR) is 105 cm³/mol. The summed E-state index contributed by atoms with van der Waals surface area (Å²) in [6, 6.07) is -1.39. The Labute approximate surface area is 167 Å². The summed E-state index contributed by atoms with van der Waals surface area (Å²) in [6.07, 6.45) is 0.0609. The summed E-state index contributed by atoms with van der Waals surface area (Å²) in [6.45, 7) is 14.1.